The second-order valence-corrected chi connectivity index (χ2v) is 8.58. The lowest BCUT2D eigenvalue weighted by molar-refractivity contribution is 0.315. The zero-order chi connectivity index (χ0) is 19.9. The Bertz CT molecular complexity index is 1120. The normalized spacial score (nSPS) is 19.3. The molecule has 150 valence electrons. The van der Waals surface area contributed by atoms with Crippen molar-refractivity contribution in [1.82, 2.24) is 19.7 Å². The molecule has 3 heterocycles. The van der Waals surface area contributed by atoms with Gasteiger partial charge in [-0.1, -0.05) is 18.2 Å². The molecule has 5 nitrogen and oxygen atoms in total. The number of hydrogen-bond acceptors (Lipinski definition) is 4. The number of aromatic nitrogens is 4. The minimum Gasteiger partial charge on any atom is -0.340 e. The quantitative estimate of drug-likeness (QED) is 0.591. The summed E-state index contributed by atoms with van der Waals surface area (Å²) >= 11 is 0. The zero-order valence-corrected chi connectivity index (χ0v) is 17.0. The first-order valence-electron chi connectivity index (χ1n) is 11.0. The Hall–Kier alpha value is -3.21. The molecule has 3 aromatic rings. The minimum absolute atomic E-state index is 0.553. The van der Waals surface area contributed by atoms with Gasteiger partial charge in [-0.15, -0.1) is 10.2 Å². The summed E-state index contributed by atoms with van der Waals surface area (Å²) in [5.74, 6) is 1.67. The van der Waals surface area contributed by atoms with Crippen molar-refractivity contribution in [1.29, 1.82) is 0 Å². The molecule has 5 heteroatoms. The summed E-state index contributed by atoms with van der Waals surface area (Å²) in [6, 6.07) is 13.6. The lowest BCUT2D eigenvalue weighted by atomic mass is 9.92. The first-order chi connectivity index (χ1) is 14.9. The average Bonchev–Trinajstić information content (AvgIpc) is 3.51. The molecule has 0 unspecified atom stereocenters. The highest BCUT2D eigenvalue weighted by Gasteiger charge is 2.32. The predicted octanol–water partition coefficient (Wildman–Crippen LogP) is 5.26. The van der Waals surface area contributed by atoms with E-state index in [2.05, 4.69) is 73.2 Å². The fourth-order valence-corrected chi connectivity index (χ4v) is 4.51. The van der Waals surface area contributed by atoms with E-state index in [-0.39, 0.29) is 0 Å². The van der Waals surface area contributed by atoms with Gasteiger partial charge in [0.2, 0.25) is 0 Å². The van der Waals surface area contributed by atoms with Gasteiger partial charge < -0.3 is 9.47 Å². The molecule has 30 heavy (non-hydrogen) atoms. The standard InChI is InChI=1S/C25H25N5/c1-3-20(25-28-27-17-30(25)22-4-2-5-22)15-23(6-1)29-16-21(18-11-13-26-14-12-18)9-10-24(29)19-7-8-19/h1,3,6,9-15,17,19,22H,2,4-5,7-8,16H2. The van der Waals surface area contributed by atoms with E-state index < -0.39 is 0 Å². The van der Waals surface area contributed by atoms with E-state index in [9.17, 15) is 0 Å². The number of anilines is 1. The summed E-state index contributed by atoms with van der Waals surface area (Å²) in [5, 5.41) is 8.69. The molecule has 0 atom stereocenters. The van der Waals surface area contributed by atoms with Gasteiger partial charge in [-0.2, -0.15) is 0 Å². The van der Waals surface area contributed by atoms with Gasteiger partial charge in [-0.05, 0) is 79.5 Å². The van der Waals surface area contributed by atoms with Gasteiger partial charge in [-0.3, -0.25) is 4.98 Å². The van der Waals surface area contributed by atoms with Crippen LogP contribution in [0.2, 0.25) is 0 Å². The Morgan fingerprint density at radius 2 is 1.77 bits per heavy atom. The summed E-state index contributed by atoms with van der Waals surface area (Å²) < 4.78 is 2.26. The highest BCUT2D eigenvalue weighted by Crippen LogP contribution is 2.43. The van der Waals surface area contributed by atoms with Crippen LogP contribution < -0.4 is 4.90 Å². The molecule has 1 aromatic carbocycles. The summed E-state index contributed by atoms with van der Waals surface area (Å²) in [5.41, 5.74) is 6.37. The van der Waals surface area contributed by atoms with Gasteiger partial charge in [0.1, 0.15) is 6.33 Å². The maximum atomic E-state index is 4.47. The predicted molar refractivity (Wildman–Crippen MR) is 119 cm³/mol. The molecule has 0 N–H and O–H groups in total. The van der Waals surface area contributed by atoms with Crippen LogP contribution in [0.15, 0.2) is 73.0 Å². The molecular weight excluding hydrogens is 370 g/mol. The van der Waals surface area contributed by atoms with Crippen LogP contribution in [-0.4, -0.2) is 26.3 Å². The van der Waals surface area contributed by atoms with Crippen LogP contribution in [0.25, 0.3) is 17.0 Å². The van der Waals surface area contributed by atoms with Crippen molar-refractivity contribution in [3.05, 3.63) is 78.5 Å². The van der Waals surface area contributed by atoms with Crippen molar-refractivity contribution in [2.45, 2.75) is 38.1 Å². The number of rotatable bonds is 5. The molecule has 3 aliphatic rings. The molecule has 2 aliphatic carbocycles. The Kier molecular flexibility index (Phi) is 4.25. The van der Waals surface area contributed by atoms with E-state index in [1.54, 1.807) is 0 Å². The molecule has 2 saturated carbocycles. The van der Waals surface area contributed by atoms with Crippen molar-refractivity contribution in [3.8, 4) is 11.4 Å². The summed E-state index contributed by atoms with van der Waals surface area (Å²) in [6.45, 7) is 0.880. The van der Waals surface area contributed by atoms with E-state index in [0.29, 0.717) is 12.0 Å². The third kappa shape index (κ3) is 3.15. The second-order valence-electron chi connectivity index (χ2n) is 8.58. The van der Waals surface area contributed by atoms with Crippen LogP contribution in [0.5, 0.6) is 0 Å². The van der Waals surface area contributed by atoms with Gasteiger partial charge in [0, 0.05) is 41.9 Å². The lowest BCUT2D eigenvalue weighted by Crippen LogP contribution is -2.28. The first kappa shape index (κ1) is 17.6. The van der Waals surface area contributed by atoms with E-state index >= 15 is 0 Å². The summed E-state index contributed by atoms with van der Waals surface area (Å²) in [7, 11) is 0. The topological polar surface area (TPSA) is 46.8 Å². The third-order valence-corrected chi connectivity index (χ3v) is 6.60. The number of pyridine rings is 1. The molecule has 1 aliphatic heterocycles. The Labute approximate surface area is 176 Å². The first-order valence-corrected chi connectivity index (χ1v) is 11.0. The third-order valence-electron chi connectivity index (χ3n) is 6.60. The fourth-order valence-electron chi connectivity index (χ4n) is 4.51. The highest BCUT2D eigenvalue weighted by molar-refractivity contribution is 5.77. The van der Waals surface area contributed by atoms with E-state index in [4.69, 9.17) is 0 Å². The van der Waals surface area contributed by atoms with E-state index in [0.717, 1.165) is 17.9 Å². The molecule has 2 aromatic heterocycles. The van der Waals surface area contributed by atoms with Crippen LogP contribution in [0, 0.1) is 5.92 Å². The zero-order valence-electron chi connectivity index (χ0n) is 17.0. The number of benzene rings is 1. The van der Waals surface area contributed by atoms with Crippen molar-refractivity contribution >= 4 is 11.3 Å². The monoisotopic (exact) mass is 395 g/mol. The fraction of sp³-hybridized carbons (Fsp3) is 0.320. The van der Waals surface area contributed by atoms with Crippen LogP contribution in [0.4, 0.5) is 5.69 Å². The Balaban J connectivity index is 1.36. The van der Waals surface area contributed by atoms with Crippen LogP contribution >= 0.6 is 0 Å². The molecule has 0 saturated heterocycles. The largest absolute Gasteiger partial charge is 0.340 e. The minimum atomic E-state index is 0.553. The SMILES string of the molecule is C1=C(c2ccncc2)CN(c2cccc(-c3nncn3C3CCC3)c2)C(C2CC2)=C1. The lowest BCUT2D eigenvalue weighted by Gasteiger charge is -2.32. The Morgan fingerprint density at radius 3 is 2.53 bits per heavy atom. The van der Waals surface area contributed by atoms with Crippen LogP contribution in [0.3, 0.4) is 0 Å². The molecule has 0 amide bonds. The maximum absolute atomic E-state index is 4.47. The number of hydrogen-bond donors (Lipinski definition) is 0. The van der Waals surface area contributed by atoms with Crippen molar-refractivity contribution < 1.29 is 0 Å². The molecule has 6 rings (SSSR count). The van der Waals surface area contributed by atoms with Gasteiger partial charge >= 0.3 is 0 Å². The smallest absolute Gasteiger partial charge is 0.164 e. The van der Waals surface area contributed by atoms with E-state index in [1.807, 2.05) is 18.7 Å². The Morgan fingerprint density at radius 1 is 0.900 bits per heavy atom. The van der Waals surface area contributed by atoms with Gasteiger partial charge in [0.05, 0.1) is 0 Å². The van der Waals surface area contributed by atoms with Gasteiger partial charge in [-0.25, -0.2) is 0 Å². The van der Waals surface area contributed by atoms with Crippen molar-refractivity contribution in [2.75, 3.05) is 11.4 Å². The second kappa shape index (κ2) is 7.24. The van der Waals surface area contributed by atoms with Crippen LogP contribution in [0.1, 0.15) is 43.7 Å². The molecule has 0 bridgehead atoms. The highest BCUT2D eigenvalue weighted by atomic mass is 15.3. The van der Waals surface area contributed by atoms with Gasteiger partial charge in [0.25, 0.3) is 0 Å². The summed E-state index contributed by atoms with van der Waals surface area (Å²) in [4.78, 5) is 6.66. The molecule has 2 fully saturated rings. The maximum Gasteiger partial charge on any atom is 0.164 e. The van der Waals surface area contributed by atoms with E-state index in [1.165, 1.54) is 54.6 Å². The van der Waals surface area contributed by atoms with Crippen molar-refractivity contribution in [2.24, 2.45) is 5.92 Å². The average molecular weight is 396 g/mol. The van der Waals surface area contributed by atoms with Gasteiger partial charge in [0.15, 0.2) is 5.82 Å². The molecular formula is C25H25N5. The summed E-state index contributed by atoms with van der Waals surface area (Å²) in [6.07, 6.45) is 16.6. The molecule has 0 spiro atoms. The molecule has 0 radical (unpaired) electrons. The van der Waals surface area contributed by atoms with Crippen molar-refractivity contribution in [3.63, 3.8) is 0 Å². The number of nitrogens with zero attached hydrogens (tertiary/aromatic N) is 5. The van der Waals surface area contributed by atoms with Crippen LogP contribution in [-0.2, 0) is 0 Å². The number of allylic oxidation sites excluding steroid dienone is 3.